The van der Waals surface area contributed by atoms with E-state index in [1.165, 1.54) is 6.92 Å². The van der Waals surface area contributed by atoms with Crippen LogP contribution in [-0.4, -0.2) is 83.5 Å². The number of terminal acetylenes is 1. The summed E-state index contributed by atoms with van der Waals surface area (Å²) in [5, 5.41) is 5.32. The molecule has 2 N–H and O–H groups in total. The molecular weight excluding hydrogens is 380 g/mol. The van der Waals surface area contributed by atoms with Crippen molar-refractivity contribution in [2.24, 2.45) is 0 Å². The van der Waals surface area contributed by atoms with Crippen LogP contribution in [0.4, 0.5) is 0 Å². The van der Waals surface area contributed by atoms with E-state index in [-0.39, 0.29) is 37.4 Å². The molecule has 0 aromatic carbocycles. The summed E-state index contributed by atoms with van der Waals surface area (Å²) in [6.45, 7) is 8.28. The van der Waals surface area contributed by atoms with E-state index in [2.05, 4.69) is 16.6 Å². The van der Waals surface area contributed by atoms with Crippen molar-refractivity contribution in [1.82, 2.24) is 10.6 Å². The average Bonchev–Trinajstić information content (AvgIpc) is 2.71. The Labute approximate surface area is 174 Å². The quantitative estimate of drug-likeness (QED) is 0.244. The Morgan fingerprint density at radius 3 is 1.76 bits per heavy atom. The first-order valence-electron chi connectivity index (χ1n) is 9.83. The van der Waals surface area contributed by atoms with E-state index < -0.39 is 0 Å². The molecular formula is C20H36N2O7. The number of hydrogen-bond donors (Lipinski definition) is 2. The molecule has 9 nitrogen and oxygen atoms in total. The molecule has 9 heteroatoms. The number of nitrogens with one attached hydrogen (secondary N) is 2. The molecule has 0 spiro atoms. The van der Waals surface area contributed by atoms with Crippen molar-refractivity contribution in [2.75, 3.05) is 65.9 Å². The van der Waals surface area contributed by atoms with Crippen LogP contribution in [0.1, 0.15) is 33.6 Å². The van der Waals surface area contributed by atoms with Gasteiger partial charge < -0.3 is 29.6 Å². The van der Waals surface area contributed by atoms with Crippen molar-refractivity contribution in [3.63, 3.8) is 0 Å². The van der Waals surface area contributed by atoms with Crippen molar-refractivity contribution in [2.45, 2.75) is 33.6 Å². The molecule has 0 radical (unpaired) electrons. The highest BCUT2D eigenvalue weighted by atomic mass is 16.5. The third-order valence-corrected chi connectivity index (χ3v) is 2.92. The molecule has 0 atom stereocenters. The number of ketones is 1. The van der Waals surface area contributed by atoms with E-state index in [1.54, 1.807) is 0 Å². The van der Waals surface area contributed by atoms with Gasteiger partial charge in [-0.25, -0.2) is 0 Å². The van der Waals surface area contributed by atoms with Crippen molar-refractivity contribution in [3.05, 3.63) is 0 Å². The summed E-state index contributed by atoms with van der Waals surface area (Å²) in [5.41, 5.74) is 0. The van der Waals surface area contributed by atoms with Crippen molar-refractivity contribution in [1.29, 1.82) is 0 Å². The van der Waals surface area contributed by atoms with Crippen LogP contribution in [0.5, 0.6) is 0 Å². The standard InChI is InChI=1S/C18H30N2O7.C2H6/c1-3-4-5-17(22)19-6-8-24-11-13-27-15-18(23)20-7-9-25-10-12-26-14-16(2)21;1-2/h1H,4-15H2,2H3,(H,19,22)(H,20,23);1-2H3. The normalized spacial score (nSPS) is 9.72. The number of Topliss-reactive ketones (excluding diaryl/α,β-unsaturated/α-hetero) is 1. The molecule has 0 aromatic rings. The first-order valence-corrected chi connectivity index (χ1v) is 9.83. The fourth-order valence-corrected chi connectivity index (χ4v) is 1.67. The van der Waals surface area contributed by atoms with Gasteiger partial charge in [0.05, 0.1) is 39.6 Å². The molecule has 0 heterocycles. The molecule has 29 heavy (non-hydrogen) atoms. The zero-order chi connectivity index (χ0) is 22.2. The van der Waals surface area contributed by atoms with Crippen molar-refractivity contribution in [3.8, 4) is 12.3 Å². The second-order valence-electron chi connectivity index (χ2n) is 5.44. The maximum Gasteiger partial charge on any atom is 0.246 e. The number of carbonyl (C=O) groups excluding carboxylic acids is 3. The van der Waals surface area contributed by atoms with Crippen LogP contribution in [0, 0.1) is 12.3 Å². The molecule has 0 aliphatic carbocycles. The fraction of sp³-hybridized carbons (Fsp3) is 0.750. The zero-order valence-electron chi connectivity index (χ0n) is 17.9. The molecule has 0 rings (SSSR count). The summed E-state index contributed by atoms with van der Waals surface area (Å²) in [7, 11) is 0. The SMILES string of the molecule is C#CCCC(=O)NCCOCCOCC(=O)NCCOCCOCC(C)=O.CC. The van der Waals surface area contributed by atoms with Gasteiger partial charge >= 0.3 is 0 Å². The molecule has 0 fully saturated rings. The van der Waals surface area contributed by atoms with Gasteiger partial charge in [0.1, 0.15) is 13.2 Å². The maximum atomic E-state index is 11.5. The number of rotatable bonds is 18. The largest absolute Gasteiger partial charge is 0.377 e. The molecule has 0 aromatic heterocycles. The summed E-state index contributed by atoms with van der Waals surface area (Å²) >= 11 is 0. The molecule has 0 aliphatic rings. The fourth-order valence-electron chi connectivity index (χ4n) is 1.67. The third-order valence-electron chi connectivity index (χ3n) is 2.92. The Balaban J connectivity index is 0. The van der Waals surface area contributed by atoms with E-state index in [1.807, 2.05) is 13.8 Å². The van der Waals surface area contributed by atoms with Crippen molar-refractivity contribution < 1.29 is 33.3 Å². The van der Waals surface area contributed by atoms with E-state index in [9.17, 15) is 14.4 Å². The predicted octanol–water partition coefficient (Wildman–Crippen LogP) is 0.314. The molecule has 2 amide bonds. The minimum Gasteiger partial charge on any atom is -0.377 e. The summed E-state index contributed by atoms with van der Waals surface area (Å²) in [6, 6.07) is 0. The highest BCUT2D eigenvalue weighted by Crippen LogP contribution is 1.86. The molecule has 0 saturated carbocycles. The molecule has 0 aliphatic heterocycles. The molecule has 0 saturated heterocycles. The topological polar surface area (TPSA) is 112 Å². The Morgan fingerprint density at radius 1 is 0.759 bits per heavy atom. The molecule has 0 bridgehead atoms. The van der Waals surface area contributed by atoms with E-state index in [4.69, 9.17) is 25.4 Å². The number of hydrogen-bond acceptors (Lipinski definition) is 7. The van der Waals surface area contributed by atoms with Crippen LogP contribution in [0.2, 0.25) is 0 Å². The van der Waals surface area contributed by atoms with Crippen LogP contribution in [0.3, 0.4) is 0 Å². The average molecular weight is 417 g/mol. The summed E-state index contributed by atoms with van der Waals surface area (Å²) in [4.78, 5) is 33.4. The summed E-state index contributed by atoms with van der Waals surface area (Å²) < 4.78 is 20.7. The monoisotopic (exact) mass is 416 g/mol. The van der Waals surface area contributed by atoms with Gasteiger partial charge in [0, 0.05) is 25.9 Å². The smallest absolute Gasteiger partial charge is 0.246 e. The predicted molar refractivity (Wildman–Crippen MR) is 109 cm³/mol. The van der Waals surface area contributed by atoms with Gasteiger partial charge in [-0.05, 0) is 6.92 Å². The van der Waals surface area contributed by atoms with E-state index >= 15 is 0 Å². The lowest BCUT2D eigenvalue weighted by Crippen LogP contribution is -2.31. The Morgan fingerprint density at radius 2 is 1.24 bits per heavy atom. The Kier molecular flexibility index (Phi) is 24.2. The minimum atomic E-state index is -0.243. The molecule has 0 unspecified atom stereocenters. The first kappa shape index (κ1) is 29.2. The van der Waals surface area contributed by atoms with Crippen LogP contribution >= 0.6 is 0 Å². The van der Waals surface area contributed by atoms with E-state index in [0.29, 0.717) is 59.0 Å². The molecule has 168 valence electrons. The second kappa shape index (κ2) is 24.0. The zero-order valence-corrected chi connectivity index (χ0v) is 17.9. The van der Waals surface area contributed by atoms with Crippen molar-refractivity contribution >= 4 is 17.6 Å². The van der Waals surface area contributed by atoms with Gasteiger partial charge in [0.2, 0.25) is 11.8 Å². The Hall–Kier alpha value is -1.99. The highest BCUT2D eigenvalue weighted by molar-refractivity contribution is 5.77. The third kappa shape index (κ3) is 26.0. The lowest BCUT2D eigenvalue weighted by Gasteiger charge is -2.08. The highest BCUT2D eigenvalue weighted by Gasteiger charge is 2.01. The summed E-state index contributed by atoms with van der Waals surface area (Å²) in [5.74, 6) is 2.02. The van der Waals surface area contributed by atoms with Gasteiger partial charge in [0.15, 0.2) is 5.78 Å². The summed E-state index contributed by atoms with van der Waals surface area (Å²) in [6.07, 6.45) is 5.80. The first-order chi connectivity index (χ1) is 14.1. The van der Waals surface area contributed by atoms with Gasteiger partial charge in [-0.15, -0.1) is 12.3 Å². The van der Waals surface area contributed by atoms with Crippen LogP contribution in [0.15, 0.2) is 0 Å². The minimum absolute atomic E-state index is 0.0319. The second-order valence-corrected chi connectivity index (χ2v) is 5.44. The number of ether oxygens (including phenoxy) is 4. The van der Waals surface area contributed by atoms with E-state index in [0.717, 1.165) is 0 Å². The van der Waals surface area contributed by atoms with Gasteiger partial charge in [-0.3, -0.25) is 14.4 Å². The van der Waals surface area contributed by atoms with Crippen LogP contribution < -0.4 is 10.6 Å². The lowest BCUT2D eigenvalue weighted by molar-refractivity contribution is -0.127. The number of amides is 2. The Bertz CT molecular complexity index is 464. The lowest BCUT2D eigenvalue weighted by atomic mass is 10.3. The van der Waals surface area contributed by atoms with Crippen LogP contribution in [-0.2, 0) is 33.3 Å². The van der Waals surface area contributed by atoms with Gasteiger partial charge in [0.25, 0.3) is 0 Å². The number of carbonyl (C=O) groups is 3. The van der Waals surface area contributed by atoms with Crippen LogP contribution in [0.25, 0.3) is 0 Å². The van der Waals surface area contributed by atoms with Gasteiger partial charge in [-0.1, -0.05) is 13.8 Å². The maximum absolute atomic E-state index is 11.5. The van der Waals surface area contributed by atoms with Gasteiger partial charge in [-0.2, -0.15) is 0 Å².